The van der Waals surface area contributed by atoms with E-state index in [4.69, 9.17) is 13.8 Å². The molecule has 9 rings (SSSR count). The van der Waals surface area contributed by atoms with Gasteiger partial charge in [-0.05, 0) is 122 Å². The third kappa shape index (κ3) is 9.33. The Balaban J connectivity index is 0.921. The number of nitrogens with zero attached hydrogens (tertiary/aromatic N) is 3. The number of benzene rings is 4. The van der Waals surface area contributed by atoms with Crippen molar-refractivity contribution in [1.82, 2.24) is 20.2 Å². The molecule has 2 atom stereocenters. The van der Waals surface area contributed by atoms with Crippen LogP contribution in [-0.4, -0.2) is 71.7 Å². The molecule has 3 saturated heterocycles. The van der Waals surface area contributed by atoms with Gasteiger partial charge in [0, 0.05) is 43.1 Å². The number of aryl methyl sites for hydroxylation is 2. The van der Waals surface area contributed by atoms with E-state index >= 15 is 0 Å². The number of phenols is 1. The van der Waals surface area contributed by atoms with Gasteiger partial charge in [0.05, 0.1) is 23.3 Å². The average molecular weight is 842 g/mol. The number of H-pyrrole nitrogens is 1. The topological polar surface area (TPSA) is 144 Å². The average Bonchev–Trinajstić information content (AvgIpc) is 3.65. The maximum absolute atomic E-state index is 13.0. The summed E-state index contributed by atoms with van der Waals surface area (Å²) in [6.45, 7) is 15.1. The number of hydrogen-bond donors (Lipinski definition) is 4. The summed E-state index contributed by atoms with van der Waals surface area (Å²) in [6.07, 6.45) is 4.21. The predicted octanol–water partition coefficient (Wildman–Crippen LogP) is 10.0. The molecule has 0 unspecified atom stereocenters. The quantitative estimate of drug-likeness (QED) is 0.0587. The van der Waals surface area contributed by atoms with Gasteiger partial charge in [-0.2, -0.15) is 0 Å². The van der Waals surface area contributed by atoms with Gasteiger partial charge in [-0.3, -0.25) is 9.69 Å². The highest BCUT2D eigenvalue weighted by atomic mass is 28.4. The molecule has 0 radical (unpaired) electrons. The number of aromatic hydroxyl groups is 1. The first-order valence-corrected chi connectivity index (χ1v) is 24.7. The Labute approximate surface area is 358 Å². The molecule has 6 aromatic rings. The van der Waals surface area contributed by atoms with Crippen LogP contribution in [0.5, 0.6) is 5.75 Å². The van der Waals surface area contributed by atoms with Gasteiger partial charge >= 0.3 is 6.09 Å². The number of amides is 1. The number of nitrogens with one attached hydrogen (secondary N) is 2. The van der Waals surface area contributed by atoms with Gasteiger partial charge in [-0.25, -0.2) is 9.78 Å². The van der Waals surface area contributed by atoms with Crippen LogP contribution in [-0.2, 0) is 23.8 Å². The van der Waals surface area contributed by atoms with Crippen molar-refractivity contribution in [2.75, 3.05) is 31.1 Å². The highest BCUT2D eigenvalue weighted by molar-refractivity contribution is 6.74. The minimum Gasteiger partial charge on any atom is -0.506 e. The second-order valence-electron chi connectivity index (χ2n) is 18.5. The lowest BCUT2D eigenvalue weighted by atomic mass is 9.82. The summed E-state index contributed by atoms with van der Waals surface area (Å²) in [4.78, 5) is 36.8. The number of piperidine rings is 3. The fourth-order valence-corrected chi connectivity index (χ4v) is 10.2. The molecule has 3 aliphatic heterocycles. The van der Waals surface area contributed by atoms with Crippen molar-refractivity contribution in [1.29, 1.82) is 0 Å². The van der Waals surface area contributed by atoms with Crippen molar-refractivity contribution in [2.45, 2.75) is 96.1 Å². The zero-order valence-corrected chi connectivity index (χ0v) is 37.0. The van der Waals surface area contributed by atoms with Crippen molar-refractivity contribution >= 4 is 42.1 Å². The Bertz CT molecular complexity index is 2560. The lowest BCUT2D eigenvalue weighted by Crippen LogP contribution is -2.59. The van der Waals surface area contributed by atoms with Crippen LogP contribution < -0.4 is 15.8 Å². The first-order valence-electron chi connectivity index (χ1n) is 21.8. The predicted molar refractivity (Wildman–Crippen MR) is 245 cm³/mol. The summed E-state index contributed by atoms with van der Waals surface area (Å²) in [5, 5.41) is 25.6. The number of aromatic nitrogens is 2. The van der Waals surface area contributed by atoms with E-state index in [1.165, 1.54) is 6.07 Å². The number of pyridine rings is 1. The third-order valence-electron chi connectivity index (χ3n) is 13.3. The monoisotopic (exact) mass is 841 g/mol. The van der Waals surface area contributed by atoms with E-state index in [2.05, 4.69) is 85.5 Å². The Morgan fingerprint density at radius 3 is 2.46 bits per heavy atom. The summed E-state index contributed by atoms with van der Waals surface area (Å²) >= 11 is 0. The zero-order chi connectivity index (χ0) is 42.9. The van der Waals surface area contributed by atoms with Crippen molar-refractivity contribution in [3.8, 4) is 16.9 Å². The molecule has 3 aliphatic rings. The molecule has 320 valence electrons. The smallest absolute Gasteiger partial charge is 0.412 e. The Kier molecular flexibility index (Phi) is 12.2. The number of hydrogen-bond acceptors (Lipinski definition) is 8. The van der Waals surface area contributed by atoms with Crippen molar-refractivity contribution in [3.63, 3.8) is 0 Å². The molecule has 0 saturated carbocycles. The van der Waals surface area contributed by atoms with Crippen LogP contribution in [0.25, 0.3) is 33.1 Å². The number of phenolic OH excluding ortho intramolecular Hbond substituents is 1. The van der Waals surface area contributed by atoms with Gasteiger partial charge in [-0.15, -0.1) is 0 Å². The zero-order valence-electron chi connectivity index (χ0n) is 36.0. The molecule has 0 aliphatic carbocycles. The molecule has 1 amide bonds. The maximum atomic E-state index is 13.0. The van der Waals surface area contributed by atoms with Crippen LogP contribution in [0.1, 0.15) is 75.1 Å². The number of fused-ring (bicyclic) bond motifs is 5. The SMILES string of the molecule is CC(C)(C)[Si](C)(C)O[C@@H](CNCc1ccc2nc(CCCCc3ccc(-c4ccccc4)c(N(C(=O)O)[C@H]4CN5CCC4CC5)c3)oc2c1)c1ccc(O)c2[nH]c(=O)ccc12. The van der Waals surface area contributed by atoms with E-state index in [-0.39, 0.29) is 28.5 Å². The molecular weight excluding hydrogens is 783 g/mol. The maximum Gasteiger partial charge on any atom is 0.412 e. The van der Waals surface area contributed by atoms with Crippen LogP contribution in [0, 0.1) is 5.92 Å². The number of oxazole rings is 1. The van der Waals surface area contributed by atoms with Crippen molar-refractivity contribution in [3.05, 3.63) is 124 Å². The summed E-state index contributed by atoms with van der Waals surface area (Å²) in [6, 6.07) is 29.3. The summed E-state index contributed by atoms with van der Waals surface area (Å²) in [5.41, 5.74) is 7.57. The fourth-order valence-electron chi connectivity index (χ4n) is 8.92. The standard InChI is InChI=1S/C49H59N5O6Si/c1-49(2,3)61(4,5)60-44(37-18-21-42(55)47-38(37)19-22-45(56)52-47)30-50-29-33-16-20-39-43(28-33)59-46(51-39)14-10-9-11-32-15-17-36(34-12-7-6-8-13-34)40(27-32)54(48(57)58)41-31-53-25-23-35(41)24-26-53/h6-8,12-13,15-22,27-28,35,41,44,50,55H,9-11,14,23-26,29-31H2,1-5H3,(H,52,56)(H,57,58)/t41-,44-/m0/s1. The van der Waals surface area contributed by atoms with Crippen LogP contribution in [0.3, 0.4) is 0 Å². The number of rotatable bonds is 15. The summed E-state index contributed by atoms with van der Waals surface area (Å²) in [5.74, 6) is 1.12. The van der Waals surface area contributed by atoms with E-state index in [9.17, 15) is 19.8 Å². The van der Waals surface area contributed by atoms with E-state index in [0.717, 1.165) is 102 Å². The summed E-state index contributed by atoms with van der Waals surface area (Å²) in [7, 11) is -2.22. The minimum absolute atomic E-state index is 0.0183. The van der Waals surface area contributed by atoms with E-state index in [0.29, 0.717) is 36.8 Å². The molecule has 4 N–H and O–H groups in total. The number of carbonyl (C=O) groups is 1. The van der Waals surface area contributed by atoms with E-state index in [1.54, 1.807) is 17.0 Å². The Hall–Kier alpha value is -5.27. The molecule has 2 bridgehead atoms. The van der Waals surface area contributed by atoms with Gasteiger partial charge in [0.15, 0.2) is 19.8 Å². The summed E-state index contributed by atoms with van der Waals surface area (Å²) < 4.78 is 13.3. The molecule has 5 heterocycles. The minimum atomic E-state index is -2.22. The molecule has 2 aromatic heterocycles. The number of carboxylic acid groups (broad SMARTS) is 1. The van der Waals surface area contributed by atoms with Crippen LogP contribution in [0.15, 0.2) is 100 Å². The molecule has 3 fully saturated rings. The number of aromatic amines is 1. The molecule has 12 heteroatoms. The van der Waals surface area contributed by atoms with Crippen LogP contribution in [0.4, 0.5) is 10.5 Å². The second-order valence-corrected chi connectivity index (χ2v) is 23.2. The van der Waals surface area contributed by atoms with Crippen molar-refractivity contribution < 1.29 is 23.9 Å². The highest BCUT2D eigenvalue weighted by Crippen LogP contribution is 2.42. The second kappa shape index (κ2) is 17.6. The normalized spacial score (nSPS) is 18.5. The van der Waals surface area contributed by atoms with Gasteiger partial charge in [0.2, 0.25) is 5.56 Å². The van der Waals surface area contributed by atoms with Crippen LogP contribution in [0.2, 0.25) is 18.1 Å². The van der Waals surface area contributed by atoms with Gasteiger partial charge in [-0.1, -0.05) is 75.4 Å². The first-order chi connectivity index (χ1) is 29.2. The lowest BCUT2D eigenvalue weighted by Gasteiger charge is -2.48. The Morgan fingerprint density at radius 2 is 1.74 bits per heavy atom. The largest absolute Gasteiger partial charge is 0.506 e. The molecule has 0 spiro atoms. The first kappa shape index (κ1) is 42.4. The number of unbranched alkanes of at least 4 members (excludes halogenated alkanes) is 1. The molecule has 61 heavy (non-hydrogen) atoms. The van der Waals surface area contributed by atoms with E-state index < -0.39 is 14.4 Å². The number of anilines is 1. The Morgan fingerprint density at radius 1 is 0.984 bits per heavy atom. The highest BCUT2D eigenvalue weighted by Gasteiger charge is 2.41. The van der Waals surface area contributed by atoms with E-state index in [1.807, 2.05) is 36.4 Å². The molecule has 4 aromatic carbocycles. The van der Waals surface area contributed by atoms with Crippen molar-refractivity contribution in [2.24, 2.45) is 5.92 Å². The van der Waals surface area contributed by atoms with Gasteiger partial charge < -0.3 is 34.3 Å². The third-order valence-corrected chi connectivity index (χ3v) is 17.8. The van der Waals surface area contributed by atoms with Crippen LogP contribution >= 0.6 is 0 Å². The molecule has 11 nitrogen and oxygen atoms in total. The van der Waals surface area contributed by atoms with Gasteiger partial charge in [0.25, 0.3) is 0 Å². The fraction of sp³-hybridized carbons (Fsp3) is 0.408. The molecular formula is C49H59N5O6Si. The van der Waals surface area contributed by atoms with Gasteiger partial charge in [0.1, 0.15) is 11.3 Å². The lowest BCUT2D eigenvalue weighted by molar-refractivity contribution is 0.0837.